The number of amides is 1. The van der Waals surface area contributed by atoms with Crippen LogP contribution in [0.4, 0.5) is 0 Å². The number of aromatic amines is 1. The Morgan fingerprint density at radius 2 is 1.43 bits per heavy atom. The average molecular weight is 366 g/mol. The van der Waals surface area contributed by atoms with E-state index in [0.717, 1.165) is 29.6 Å². The number of carbonyl (C=O) groups is 1. The maximum absolute atomic E-state index is 13.6. The van der Waals surface area contributed by atoms with Crippen molar-refractivity contribution < 1.29 is 4.79 Å². The van der Waals surface area contributed by atoms with Gasteiger partial charge in [-0.2, -0.15) is 0 Å². The van der Waals surface area contributed by atoms with Gasteiger partial charge in [-0.1, -0.05) is 78.9 Å². The number of para-hydroxylation sites is 1. The van der Waals surface area contributed by atoms with Crippen molar-refractivity contribution in [3.63, 3.8) is 0 Å². The van der Waals surface area contributed by atoms with E-state index in [1.807, 2.05) is 71.6 Å². The van der Waals surface area contributed by atoms with Gasteiger partial charge in [0.1, 0.15) is 0 Å². The molecule has 0 unspecified atom stereocenters. The second-order valence-corrected chi connectivity index (χ2v) is 7.39. The molecular formula is C25H22N2O. The standard InChI is InChI=1S/C25H22N2O/c28-25(24(18-9-3-1-4-10-18)19-11-5-2-6-12-19)27-16-15-21-20-13-7-8-14-22(20)26-23(21)17-27/h1-14,24,26H,15-17H2. The molecular weight excluding hydrogens is 344 g/mol. The van der Waals surface area contributed by atoms with Gasteiger partial charge >= 0.3 is 0 Å². The summed E-state index contributed by atoms with van der Waals surface area (Å²) in [7, 11) is 0. The highest BCUT2D eigenvalue weighted by Crippen LogP contribution is 2.31. The first-order valence-corrected chi connectivity index (χ1v) is 9.78. The maximum Gasteiger partial charge on any atom is 0.234 e. The van der Waals surface area contributed by atoms with Gasteiger partial charge in [-0.3, -0.25) is 4.79 Å². The molecule has 5 rings (SSSR count). The summed E-state index contributed by atoms with van der Waals surface area (Å²) in [4.78, 5) is 19.2. The second kappa shape index (κ2) is 7.01. The Hall–Kier alpha value is -3.33. The quantitative estimate of drug-likeness (QED) is 0.551. The molecule has 138 valence electrons. The molecule has 0 atom stereocenters. The minimum atomic E-state index is -0.270. The molecule has 3 heteroatoms. The highest BCUT2D eigenvalue weighted by molar-refractivity contribution is 5.89. The van der Waals surface area contributed by atoms with E-state index in [1.165, 1.54) is 16.6 Å². The number of hydrogen-bond acceptors (Lipinski definition) is 1. The van der Waals surface area contributed by atoms with Gasteiger partial charge in [-0.15, -0.1) is 0 Å². The van der Waals surface area contributed by atoms with E-state index in [1.54, 1.807) is 0 Å². The number of aromatic nitrogens is 1. The van der Waals surface area contributed by atoms with Gasteiger partial charge in [0.2, 0.25) is 5.91 Å². The van der Waals surface area contributed by atoms with Crippen LogP contribution in [-0.2, 0) is 17.8 Å². The lowest BCUT2D eigenvalue weighted by molar-refractivity contribution is -0.132. The summed E-state index contributed by atoms with van der Waals surface area (Å²) in [5, 5.41) is 1.28. The summed E-state index contributed by atoms with van der Waals surface area (Å²) in [6.07, 6.45) is 0.890. The molecule has 2 heterocycles. The van der Waals surface area contributed by atoms with Crippen molar-refractivity contribution >= 4 is 16.8 Å². The summed E-state index contributed by atoms with van der Waals surface area (Å²) >= 11 is 0. The Kier molecular flexibility index (Phi) is 4.21. The molecule has 3 aromatic carbocycles. The van der Waals surface area contributed by atoms with Crippen molar-refractivity contribution in [2.45, 2.75) is 18.9 Å². The van der Waals surface area contributed by atoms with Crippen molar-refractivity contribution in [3.8, 4) is 0 Å². The third-order valence-corrected chi connectivity index (χ3v) is 5.71. The van der Waals surface area contributed by atoms with Gasteiger partial charge in [-0.25, -0.2) is 0 Å². The van der Waals surface area contributed by atoms with Crippen molar-refractivity contribution in [2.75, 3.05) is 6.54 Å². The van der Waals surface area contributed by atoms with Crippen molar-refractivity contribution in [2.24, 2.45) is 0 Å². The maximum atomic E-state index is 13.6. The molecule has 1 aliphatic heterocycles. The zero-order valence-corrected chi connectivity index (χ0v) is 15.6. The average Bonchev–Trinajstić information content (AvgIpc) is 3.13. The van der Waals surface area contributed by atoms with Gasteiger partial charge in [-0.05, 0) is 29.2 Å². The van der Waals surface area contributed by atoms with Crippen LogP contribution in [-0.4, -0.2) is 22.3 Å². The minimum Gasteiger partial charge on any atom is -0.357 e. The molecule has 0 saturated heterocycles. The lowest BCUT2D eigenvalue weighted by Crippen LogP contribution is -2.39. The third-order valence-electron chi connectivity index (χ3n) is 5.71. The Labute approximate surface area is 164 Å². The molecule has 1 aliphatic rings. The molecule has 28 heavy (non-hydrogen) atoms. The Balaban J connectivity index is 1.50. The molecule has 1 amide bonds. The van der Waals surface area contributed by atoms with Gasteiger partial charge in [0, 0.05) is 23.1 Å². The number of nitrogens with zero attached hydrogens (tertiary/aromatic N) is 1. The van der Waals surface area contributed by atoms with Gasteiger partial charge in [0.05, 0.1) is 12.5 Å². The highest BCUT2D eigenvalue weighted by atomic mass is 16.2. The first-order valence-electron chi connectivity index (χ1n) is 9.78. The Morgan fingerprint density at radius 3 is 2.11 bits per heavy atom. The van der Waals surface area contributed by atoms with Crippen molar-refractivity contribution in [1.82, 2.24) is 9.88 Å². The topological polar surface area (TPSA) is 36.1 Å². The van der Waals surface area contributed by atoms with E-state index in [-0.39, 0.29) is 11.8 Å². The summed E-state index contributed by atoms with van der Waals surface area (Å²) in [6.45, 7) is 1.39. The number of nitrogens with one attached hydrogen (secondary N) is 1. The summed E-state index contributed by atoms with van der Waals surface area (Å²) in [6, 6.07) is 28.6. The Morgan fingerprint density at radius 1 is 0.821 bits per heavy atom. The molecule has 0 fully saturated rings. The van der Waals surface area contributed by atoms with Crippen LogP contribution >= 0.6 is 0 Å². The van der Waals surface area contributed by atoms with E-state index in [9.17, 15) is 4.79 Å². The first-order chi connectivity index (χ1) is 13.8. The van der Waals surface area contributed by atoms with Crippen LogP contribution in [0.1, 0.15) is 28.3 Å². The molecule has 1 N–H and O–H groups in total. The van der Waals surface area contributed by atoms with Crippen LogP contribution in [0.3, 0.4) is 0 Å². The van der Waals surface area contributed by atoms with Crippen LogP contribution in [0.5, 0.6) is 0 Å². The molecule has 0 spiro atoms. The smallest absolute Gasteiger partial charge is 0.234 e. The number of fused-ring (bicyclic) bond motifs is 3. The van der Waals surface area contributed by atoms with E-state index in [0.29, 0.717) is 6.54 Å². The fraction of sp³-hybridized carbons (Fsp3) is 0.160. The van der Waals surface area contributed by atoms with E-state index >= 15 is 0 Å². The molecule has 0 saturated carbocycles. The molecule has 4 aromatic rings. The summed E-state index contributed by atoms with van der Waals surface area (Å²) in [5.74, 6) is -0.102. The molecule has 3 nitrogen and oxygen atoms in total. The van der Waals surface area contributed by atoms with Crippen LogP contribution < -0.4 is 0 Å². The largest absolute Gasteiger partial charge is 0.357 e. The predicted octanol–water partition coefficient (Wildman–Crippen LogP) is 4.88. The van der Waals surface area contributed by atoms with Crippen LogP contribution in [0.25, 0.3) is 10.9 Å². The number of carbonyl (C=O) groups excluding carboxylic acids is 1. The molecule has 0 radical (unpaired) electrons. The van der Waals surface area contributed by atoms with Gasteiger partial charge in [0.15, 0.2) is 0 Å². The minimum absolute atomic E-state index is 0.168. The SMILES string of the molecule is O=C(C(c1ccccc1)c1ccccc1)N1CCc2c([nH]c3ccccc23)C1. The summed E-state index contributed by atoms with van der Waals surface area (Å²) < 4.78 is 0. The normalized spacial score (nSPS) is 13.7. The fourth-order valence-electron chi connectivity index (χ4n) is 4.33. The second-order valence-electron chi connectivity index (χ2n) is 7.39. The first kappa shape index (κ1) is 16.8. The van der Waals surface area contributed by atoms with Gasteiger partial charge in [0.25, 0.3) is 0 Å². The van der Waals surface area contributed by atoms with Crippen molar-refractivity contribution in [1.29, 1.82) is 0 Å². The zero-order chi connectivity index (χ0) is 18.9. The number of hydrogen-bond donors (Lipinski definition) is 1. The molecule has 0 bridgehead atoms. The molecule has 1 aromatic heterocycles. The van der Waals surface area contributed by atoms with E-state index in [4.69, 9.17) is 0 Å². The van der Waals surface area contributed by atoms with Crippen LogP contribution in [0.15, 0.2) is 84.9 Å². The number of benzene rings is 3. The highest BCUT2D eigenvalue weighted by Gasteiger charge is 2.30. The Bertz CT molecular complexity index is 1080. The van der Waals surface area contributed by atoms with E-state index in [2.05, 4.69) is 23.2 Å². The lowest BCUT2D eigenvalue weighted by atomic mass is 9.89. The lowest BCUT2D eigenvalue weighted by Gasteiger charge is -2.31. The number of rotatable bonds is 3. The monoisotopic (exact) mass is 366 g/mol. The third kappa shape index (κ3) is 2.89. The van der Waals surface area contributed by atoms with Gasteiger partial charge < -0.3 is 9.88 Å². The fourth-order valence-corrected chi connectivity index (χ4v) is 4.33. The zero-order valence-electron chi connectivity index (χ0n) is 15.6. The number of H-pyrrole nitrogens is 1. The van der Waals surface area contributed by atoms with Crippen molar-refractivity contribution in [3.05, 3.63) is 107 Å². The van der Waals surface area contributed by atoms with E-state index < -0.39 is 0 Å². The molecule has 0 aliphatic carbocycles. The van der Waals surface area contributed by atoms with Crippen LogP contribution in [0, 0.1) is 0 Å². The predicted molar refractivity (Wildman–Crippen MR) is 112 cm³/mol. The van der Waals surface area contributed by atoms with Crippen LogP contribution in [0.2, 0.25) is 0 Å². The summed E-state index contributed by atoms with van der Waals surface area (Å²) in [5.41, 5.74) is 5.77.